The highest BCUT2D eigenvalue weighted by Gasteiger charge is 2.12. The SMILES string of the molecule is CCC[C@H](CC)C(=O)O. The Morgan fingerprint density at radius 3 is 2.22 bits per heavy atom. The van der Waals surface area contributed by atoms with Crippen LogP contribution in [0.5, 0.6) is 0 Å². The molecule has 0 rings (SSSR count). The van der Waals surface area contributed by atoms with Crippen LogP contribution in [0.2, 0.25) is 0 Å². The van der Waals surface area contributed by atoms with Gasteiger partial charge in [-0.15, -0.1) is 0 Å². The standard InChI is InChI=1S/C7H14O2/c1-3-5-6(4-2)7(8)9/h6H,3-5H2,1-2H3,(H,8,9)/t6-/m0/s1. The average molecular weight is 130 g/mol. The van der Waals surface area contributed by atoms with E-state index in [2.05, 4.69) is 0 Å². The van der Waals surface area contributed by atoms with Gasteiger partial charge in [-0.05, 0) is 12.8 Å². The van der Waals surface area contributed by atoms with E-state index in [0.29, 0.717) is 0 Å². The summed E-state index contributed by atoms with van der Waals surface area (Å²) in [5, 5.41) is 8.50. The maximum Gasteiger partial charge on any atom is 0.306 e. The van der Waals surface area contributed by atoms with Crippen LogP contribution in [0.4, 0.5) is 0 Å². The zero-order valence-electron chi connectivity index (χ0n) is 6.05. The number of rotatable bonds is 4. The average Bonchev–Trinajstić information content (AvgIpc) is 1.82. The summed E-state index contributed by atoms with van der Waals surface area (Å²) in [5.41, 5.74) is 0. The minimum atomic E-state index is -0.653. The largest absolute Gasteiger partial charge is 0.481 e. The Bertz CT molecular complexity index is 88.9. The summed E-state index contributed by atoms with van der Waals surface area (Å²) in [5.74, 6) is -0.769. The van der Waals surface area contributed by atoms with Gasteiger partial charge >= 0.3 is 5.97 Å². The first-order chi connectivity index (χ1) is 4.22. The fraction of sp³-hybridized carbons (Fsp3) is 0.857. The molecule has 0 fully saturated rings. The van der Waals surface area contributed by atoms with Gasteiger partial charge in [0.2, 0.25) is 0 Å². The van der Waals surface area contributed by atoms with Crippen molar-refractivity contribution in [3.8, 4) is 0 Å². The molecule has 2 heteroatoms. The monoisotopic (exact) mass is 130 g/mol. The molecule has 0 unspecified atom stereocenters. The van der Waals surface area contributed by atoms with Crippen molar-refractivity contribution in [2.75, 3.05) is 0 Å². The molecule has 2 nitrogen and oxygen atoms in total. The number of aliphatic carboxylic acids is 1. The van der Waals surface area contributed by atoms with E-state index in [0.717, 1.165) is 19.3 Å². The van der Waals surface area contributed by atoms with Crippen molar-refractivity contribution in [1.82, 2.24) is 0 Å². The predicted molar refractivity (Wildman–Crippen MR) is 36.3 cm³/mol. The second kappa shape index (κ2) is 4.36. The number of hydrogen-bond donors (Lipinski definition) is 1. The normalized spacial score (nSPS) is 13.1. The van der Waals surface area contributed by atoms with Crippen LogP contribution >= 0.6 is 0 Å². The van der Waals surface area contributed by atoms with E-state index < -0.39 is 5.97 Å². The van der Waals surface area contributed by atoms with Crippen LogP contribution in [-0.4, -0.2) is 11.1 Å². The van der Waals surface area contributed by atoms with Crippen LogP contribution in [0, 0.1) is 5.92 Å². The molecule has 0 bridgehead atoms. The Morgan fingerprint density at radius 2 is 2.11 bits per heavy atom. The highest BCUT2D eigenvalue weighted by Crippen LogP contribution is 2.09. The Hall–Kier alpha value is -0.530. The fourth-order valence-corrected chi connectivity index (χ4v) is 0.851. The summed E-state index contributed by atoms with van der Waals surface area (Å²) < 4.78 is 0. The van der Waals surface area contributed by atoms with Gasteiger partial charge in [0.1, 0.15) is 0 Å². The Morgan fingerprint density at radius 1 is 1.56 bits per heavy atom. The summed E-state index contributed by atoms with van der Waals surface area (Å²) in [6.07, 6.45) is 2.53. The molecule has 0 aliphatic rings. The summed E-state index contributed by atoms with van der Waals surface area (Å²) in [6, 6.07) is 0. The minimum absolute atomic E-state index is 0.116. The van der Waals surface area contributed by atoms with Crippen molar-refractivity contribution in [2.45, 2.75) is 33.1 Å². The van der Waals surface area contributed by atoms with Crippen LogP contribution in [0.1, 0.15) is 33.1 Å². The van der Waals surface area contributed by atoms with Crippen molar-refractivity contribution in [1.29, 1.82) is 0 Å². The third kappa shape index (κ3) is 3.12. The molecule has 1 N–H and O–H groups in total. The second-order valence-electron chi connectivity index (χ2n) is 2.23. The van der Waals surface area contributed by atoms with Crippen LogP contribution in [-0.2, 0) is 4.79 Å². The highest BCUT2D eigenvalue weighted by molar-refractivity contribution is 5.69. The first kappa shape index (κ1) is 8.47. The molecule has 0 aliphatic carbocycles. The van der Waals surface area contributed by atoms with E-state index >= 15 is 0 Å². The molecular formula is C7H14O2. The lowest BCUT2D eigenvalue weighted by molar-refractivity contribution is -0.142. The van der Waals surface area contributed by atoms with E-state index in [9.17, 15) is 4.79 Å². The van der Waals surface area contributed by atoms with Gasteiger partial charge in [-0.3, -0.25) is 4.79 Å². The number of hydrogen-bond acceptors (Lipinski definition) is 1. The maximum absolute atomic E-state index is 10.3. The summed E-state index contributed by atoms with van der Waals surface area (Å²) in [4.78, 5) is 10.3. The molecule has 1 atom stereocenters. The van der Waals surface area contributed by atoms with E-state index in [1.54, 1.807) is 0 Å². The molecule has 0 amide bonds. The van der Waals surface area contributed by atoms with Gasteiger partial charge in [-0.2, -0.15) is 0 Å². The van der Waals surface area contributed by atoms with Gasteiger partial charge in [0.25, 0.3) is 0 Å². The number of carboxylic acid groups (broad SMARTS) is 1. The maximum atomic E-state index is 10.3. The smallest absolute Gasteiger partial charge is 0.306 e. The molecule has 0 radical (unpaired) electrons. The fourth-order valence-electron chi connectivity index (χ4n) is 0.851. The molecule has 0 aromatic heterocycles. The summed E-state index contributed by atoms with van der Waals surface area (Å²) in [7, 11) is 0. The lowest BCUT2D eigenvalue weighted by Crippen LogP contribution is -2.11. The first-order valence-corrected chi connectivity index (χ1v) is 3.45. The molecule has 0 aromatic rings. The molecule has 54 valence electrons. The minimum Gasteiger partial charge on any atom is -0.481 e. The van der Waals surface area contributed by atoms with Gasteiger partial charge in [0.15, 0.2) is 0 Å². The highest BCUT2D eigenvalue weighted by atomic mass is 16.4. The van der Waals surface area contributed by atoms with Crippen LogP contribution in [0.15, 0.2) is 0 Å². The molecular weight excluding hydrogens is 116 g/mol. The van der Waals surface area contributed by atoms with E-state index in [-0.39, 0.29) is 5.92 Å². The van der Waals surface area contributed by atoms with Crippen LogP contribution in [0.25, 0.3) is 0 Å². The third-order valence-corrected chi connectivity index (χ3v) is 1.48. The van der Waals surface area contributed by atoms with Gasteiger partial charge in [0, 0.05) is 0 Å². The molecule has 0 heterocycles. The molecule has 0 aliphatic heterocycles. The quantitative estimate of drug-likeness (QED) is 0.631. The molecule has 0 spiro atoms. The van der Waals surface area contributed by atoms with E-state index in [1.807, 2.05) is 13.8 Å². The third-order valence-electron chi connectivity index (χ3n) is 1.48. The second-order valence-corrected chi connectivity index (χ2v) is 2.23. The zero-order chi connectivity index (χ0) is 7.28. The Labute approximate surface area is 55.9 Å². The Kier molecular flexibility index (Phi) is 4.10. The van der Waals surface area contributed by atoms with Crippen molar-refractivity contribution >= 4 is 5.97 Å². The lowest BCUT2D eigenvalue weighted by atomic mass is 10.0. The van der Waals surface area contributed by atoms with Gasteiger partial charge in [-0.1, -0.05) is 20.3 Å². The lowest BCUT2D eigenvalue weighted by Gasteiger charge is -2.05. The number of carboxylic acids is 1. The van der Waals surface area contributed by atoms with Crippen molar-refractivity contribution < 1.29 is 9.90 Å². The molecule has 0 aromatic carbocycles. The topological polar surface area (TPSA) is 37.3 Å². The van der Waals surface area contributed by atoms with E-state index in [4.69, 9.17) is 5.11 Å². The molecule has 0 saturated carbocycles. The van der Waals surface area contributed by atoms with Crippen LogP contribution < -0.4 is 0 Å². The first-order valence-electron chi connectivity index (χ1n) is 3.45. The molecule has 0 saturated heterocycles. The number of carbonyl (C=O) groups is 1. The van der Waals surface area contributed by atoms with Gasteiger partial charge < -0.3 is 5.11 Å². The van der Waals surface area contributed by atoms with Gasteiger partial charge in [-0.25, -0.2) is 0 Å². The van der Waals surface area contributed by atoms with Crippen molar-refractivity contribution in [3.63, 3.8) is 0 Å². The summed E-state index contributed by atoms with van der Waals surface area (Å²) >= 11 is 0. The van der Waals surface area contributed by atoms with Crippen molar-refractivity contribution in [2.24, 2.45) is 5.92 Å². The predicted octanol–water partition coefficient (Wildman–Crippen LogP) is 1.90. The molecule has 9 heavy (non-hydrogen) atoms. The van der Waals surface area contributed by atoms with Crippen molar-refractivity contribution in [3.05, 3.63) is 0 Å². The summed E-state index contributed by atoms with van der Waals surface area (Å²) in [6.45, 7) is 3.92. The van der Waals surface area contributed by atoms with E-state index in [1.165, 1.54) is 0 Å². The van der Waals surface area contributed by atoms with Crippen LogP contribution in [0.3, 0.4) is 0 Å². The zero-order valence-corrected chi connectivity index (χ0v) is 6.05. The van der Waals surface area contributed by atoms with Gasteiger partial charge in [0.05, 0.1) is 5.92 Å². The Balaban J connectivity index is 3.54.